The van der Waals surface area contributed by atoms with E-state index in [1.807, 2.05) is 18.3 Å². The van der Waals surface area contributed by atoms with Crippen LogP contribution in [0.2, 0.25) is 0 Å². The van der Waals surface area contributed by atoms with E-state index in [-0.39, 0.29) is 5.41 Å². The van der Waals surface area contributed by atoms with E-state index in [0.717, 1.165) is 53.7 Å². The molecule has 1 aliphatic heterocycles. The highest BCUT2D eigenvalue weighted by Crippen LogP contribution is 2.31. The van der Waals surface area contributed by atoms with Gasteiger partial charge in [-0.05, 0) is 19.1 Å². The van der Waals surface area contributed by atoms with Crippen molar-refractivity contribution < 1.29 is 4.74 Å². The minimum atomic E-state index is -0.0632. The second kappa shape index (κ2) is 6.36. The van der Waals surface area contributed by atoms with Crippen molar-refractivity contribution in [2.75, 3.05) is 24.7 Å². The van der Waals surface area contributed by atoms with Crippen LogP contribution in [0.4, 0.5) is 5.82 Å². The van der Waals surface area contributed by atoms with Crippen LogP contribution >= 0.6 is 0 Å². The molecule has 1 atom stereocenters. The Morgan fingerprint density at radius 1 is 1.23 bits per heavy atom. The Morgan fingerprint density at radius 3 is 2.85 bits per heavy atom. The van der Waals surface area contributed by atoms with Crippen molar-refractivity contribution in [1.82, 2.24) is 19.9 Å². The molecule has 1 unspecified atom stereocenters. The zero-order valence-corrected chi connectivity index (χ0v) is 15.8. The fourth-order valence-corrected chi connectivity index (χ4v) is 3.31. The number of aromatic nitrogens is 4. The van der Waals surface area contributed by atoms with Crippen molar-refractivity contribution in [3.05, 3.63) is 36.3 Å². The number of fused-ring (bicyclic) bond motifs is 1. The summed E-state index contributed by atoms with van der Waals surface area (Å²) in [4.78, 5) is 19.7. The summed E-state index contributed by atoms with van der Waals surface area (Å²) in [7, 11) is 0. The van der Waals surface area contributed by atoms with Crippen LogP contribution in [-0.4, -0.2) is 45.7 Å². The second-order valence-corrected chi connectivity index (χ2v) is 7.90. The second-order valence-electron chi connectivity index (χ2n) is 7.90. The normalized spacial score (nSPS) is 18.5. The Hall–Kier alpha value is -2.47. The summed E-state index contributed by atoms with van der Waals surface area (Å²) in [6.07, 6.45) is 3.71. The third-order valence-electron chi connectivity index (χ3n) is 4.84. The lowest BCUT2D eigenvalue weighted by Gasteiger charge is -2.35. The molecule has 1 aliphatic rings. The van der Waals surface area contributed by atoms with Crippen molar-refractivity contribution >= 4 is 16.9 Å². The van der Waals surface area contributed by atoms with E-state index in [9.17, 15) is 0 Å². The zero-order valence-electron chi connectivity index (χ0n) is 15.8. The molecule has 0 aromatic carbocycles. The molecule has 4 rings (SSSR count). The van der Waals surface area contributed by atoms with Gasteiger partial charge < -0.3 is 14.6 Å². The number of rotatable bonds is 2. The summed E-state index contributed by atoms with van der Waals surface area (Å²) in [5, 5.41) is 1.04. The smallest absolute Gasteiger partial charge is 0.162 e. The molecule has 3 aromatic heterocycles. The number of nitrogens with one attached hydrogen (secondary N) is 1. The fourth-order valence-electron chi connectivity index (χ4n) is 3.31. The van der Waals surface area contributed by atoms with E-state index in [0.29, 0.717) is 6.04 Å². The van der Waals surface area contributed by atoms with Crippen LogP contribution in [0, 0.1) is 0 Å². The first-order chi connectivity index (χ1) is 12.4. The molecule has 3 aromatic rings. The molecule has 6 nitrogen and oxygen atoms in total. The molecule has 0 aliphatic carbocycles. The van der Waals surface area contributed by atoms with Gasteiger partial charge in [0.25, 0.3) is 0 Å². The van der Waals surface area contributed by atoms with Crippen LogP contribution in [0.25, 0.3) is 22.4 Å². The van der Waals surface area contributed by atoms with Crippen molar-refractivity contribution in [3.63, 3.8) is 0 Å². The maximum atomic E-state index is 5.60. The van der Waals surface area contributed by atoms with E-state index < -0.39 is 0 Å². The molecule has 0 amide bonds. The van der Waals surface area contributed by atoms with Crippen molar-refractivity contribution in [2.45, 2.75) is 39.2 Å². The summed E-state index contributed by atoms with van der Waals surface area (Å²) in [6.45, 7) is 11.0. The molecule has 1 saturated heterocycles. The van der Waals surface area contributed by atoms with Crippen LogP contribution in [-0.2, 0) is 10.2 Å². The minimum absolute atomic E-state index is 0.0632. The first-order valence-corrected chi connectivity index (χ1v) is 9.10. The van der Waals surface area contributed by atoms with Gasteiger partial charge in [0, 0.05) is 41.4 Å². The van der Waals surface area contributed by atoms with E-state index >= 15 is 0 Å². The summed E-state index contributed by atoms with van der Waals surface area (Å²) >= 11 is 0. The average molecular weight is 351 g/mol. The maximum Gasteiger partial charge on any atom is 0.162 e. The number of morpholine rings is 1. The molecular formula is C20H25N5O. The van der Waals surface area contributed by atoms with Gasteiger partial charge in [0.1, 0.15) is 11.5 Å². The monoisotopic (exact) mass is 351 g/mol. The van der Waals surface area contributed by atoms with Gasteiger partial charge >= 0.3 is 0 Å². The van der Waals surface area contributed by atoms with Crippen LogP contribution in [0.5, 0.6) is 0 Å². The van der Waals surface area contributed by atoms with Crippen molar-refractivity contribution in [2.24, 2.45) is 0 Å². The summed E-state index contributed by atoms with van der Waals surface area (Å²) in [5.74, 6) is 1.72. The van der Waals surface area contributed by atoms with Gasteiger partial charge in [-0.3, -0.25) is 0 Å². The molecule has 0 radical (unpaired) electrons. The predicted molar refractivity (Wildman–Crippen MR) is 103 cm³/mol. The lowest BCUT2D eigenvalue weighted by atomic mass is 9.91. The third-order valence-corrected chi connectivity index (χ3v) is 4.84. The van der Waals surface area contributed by atoms with Gasteiger partial charge in [-0.25, -0.2) is 15.0 Å². The third kappa shape index (κ3) is 3.05. The molecule has 4 heterocycles. The molecule has 6 heteroatoms. The molecule has 0 bridgehead atoms. The number of hydrogen-bond acceptors (Lipinski definition) is 5. The minimum Gasteiger partial charge on any atom is -0.377 e. The highest BCUT2D eigenvalue weighted by atomic mass is 16.5. The summed E-state index contributed by atoms with van der Waals surface area (Å²) in [5.41, 5.74) is 2.83. The Bertz CT molecular complexity index is 927. The first kappa shape index (κ1) is 17.0. The van der Waals surface area contributed by atoms with E-state index in [1.165, 1.54) is 0 Å². The van der Waals surface area contributed by atoms with Gasteiger partial charge in [0.05, 0.1) is 24.9 Å². The van der Waals surface area contributed by atoms with Gasteiger partial charge in [0.2, 0.25) is 0 Å². The number of aromatic amines is 1. The quantitative estimate of drug-likeness (QED) is 0.765. The molecule has 136 valence electrons. The van der Waals surface area contributed by atoms with Crippen LogP contribution in [0.15, 0.2) is 30.6 Å². The summed E-state index contributed by atoms with van der Waals surface area (Å²) in [6, 6.07) is 6.44. The number of nitrogens with zero attached hydrogens (tertiary/aromatic N) is 4. The topological polar surface area (TPSA) is 66.9 Å². The highest BCUT2D eigenvalue weighted by Gasteiger charge is 2.25. The number of H-pyrrole nitrogens is 1. The summed E-state index contributed by atoms with van der Waals surface area (Å²) < 4.78 is 5.60. The van der Waals surface area contributed by atoms with Crippen LogP contribution < -0.4 is 4.90 Å². The van der Waals surface area contributed by atoms with Crippen LogP contribution in [0.1, 0.15) is 33.4 Å². The van der Waals surface area contributed by atoms with Gasteiger partial charge in [-0.2, -0.15) is 0 Å². The Morgan fingerprint density at radius 2 is 2.08 bits per heavy atom. The predicted octanol–water partition coefficient (Wildman–Crippen LogP) is 3.54. The Kier molecular flexibility index (Phi) is 4.15. The SMILES string of the molecule is CC1COCCN1c1cc(C(C)(C)C)nc(-c2ccnc3[nH]ccc23)n1. The number of hydrogen-bond donors (Lipinski definition) is 1. The van der Waals surface area contributed by atoms with E-state index in [2.05, 4.69) is 48.6 Å². The lowest BCUT2D eigenvalue weighted by molar-refractivity contribution is 0.0985. The van der Waals surface area contributed by atoms with Crippen molar-refractivity contribution in [3.8, 4) is 11.4 Å². The zero-order chi connectivity index (χ0) is 18.3. The number of pyridine rings is 1. The van der Waals surface area contributed by atoms with Crippen LogP contribution in [0.3, 0.4) is 0 Å². The van der Waals surface area contributed by atoms with Gasteiger partial charge in [-0.15, -0.1) is 0 Å². The number of anilines is 1. The lowest BCUT2D eigenvalue weighted by Crippen LogP contribution is -2.44. The first-order valence-electron chi connectivity index (χ1n) is 9.10. The molecule has 0 spiro atoms. The van der Waals surface area contributed by atoms with Crippen molar-refractivity contribution in [1.29, 1.82) is 0 Å². The van der Waals surface area contributed by atoms with Gasteiger partial charge in [0.15, 0.2) is 5.82 Å². The standard InChI is InChI=1S/C20H25N5O/c1-13-12-26-10-9-25(13)17-11-16(20(2,3)4)23-19(24-17)15-6-8-22-18-14(15)5-7-21-18/h5-8,11,13H,9-10,12H2,1-4H3,(H,21,22). The molecule has 26 heavy (non-hydrogen) atoms. The van der Waals surface area contributed by atoms with E-state index in [1.54, 1.807) is 6.20 Å². The Labute approximate surface area is 153 Å². The van der Waals surface area contributed by atoms with E-state index in [4.69, 9.17) is 14.7 Å². The fraction of sp³-hybridized carbons (Fsp3) is 0.450. The van der Waals surface area contributed by atoms with Gasteiger partial charge in [-0.1, -0.05) is 20.8 Å². The largest absolute Gasteiger partial charge is 0.377 e. The Balaban J connectivity index is 1.89. The maximum absolute atomic E-state index is 5.60. The number of ether oxygens (including phenoxy) is 1. The molecule has 1 N–H and O–H groups in total. The molecule has 0 saturated carbocycles. The molecule has 1 fully saturated rings. The molecular weight excluding hydrogens is 326 g/mol. The highest BCUT2D eigenvalue weighted by molar-refractivity contribution is 5.91. The average Bonchev–Trinajstić information content (AvgIpc) is 3.09.